The number of nitrogens with zero attached hydrogens (tertiary/aromatic N) is 1. The van der Waals surface area contributed by atoms with E-state index in [1.807, 2.05) is 12.1 Å². The summed E-state index contributed by atoms with van der Waals surface area (Å²) in [6, 6.07) is 11.9. The summed E-state index contributed by atoms with van der Waals surface area (Å²) in [5.41, 5.74) is 0.553. The van der Waals surface area contributed by atoms with E-state index in [9.17, 15) is 9.90 Å². The van der Waals surface area contributed by atoms with E-state index in [4.69, 9.17) is 0 Å². The average Bonchev–Trinajstić information content (AvgIpc) is 2.49. The first-order chi connectivity index (χ1) is 8.25. The largest absolute Gasteiger partial charge is 0.508 e. The van der Waals surface area contributed by atoms with Gasteiger partial charge in [0.05, 0.1) is 5.52 Å². The second-order valence-electron chi connectivity index (χ2n) is 3.87. The van der Waals surface area contributed by atoms with Gasteiger partial charge < -0.3 is 5.11 Å². The number of phenols is 1. The van der Waals surface area contributed by atoms with Gasteiger partial charge in [0.15, 0.2) is 5.43 Å². The van der Waals surface area contributed by atoms with Crippen molar-refractivity contribution in [1.29, 1.82) is 0 Å². The summed E-state index contributed by atoms with van der Waals surface area (Å²) >= 11 is 0. The molecule has 0 amide bonds. The molecule has 0 saturated carbocycles. The Morgan fingerprint density at radius 1 is 1.00 bits per heavy atom. The molecule has 1 heterocycles. The Balaban J connectivity index is 2.65. The van der Waals surface area contributed by atoms with Crippen molar-refractivity contribution in [1.82, 2.24) is 4.98 Å². The van der Waals surface area contributed by atoms with Crippen LogP contribution in [0.15, 0.2) is 53.5 Å². The van der Waals surface area contributed by atoms with Gasteiger partial charge in [-0.25, -0.2) is 0 Å². The fourth-order valence-electron chi connectivity index (χ4n) is 1.94. The van der Waals surface area contributed by atoms with Crippen molar-refractivity contribution in [2.24, 2.45) is 0 Å². The average molecular weight is 223 g/mol. The van der Waals surface area contributed by atoms with E-state index in [2.05, 4.69) is 4.98 Å². The van der Waals surface area contributed by atoms with Crippen molar-refractivity contribution in [2.45, 2.75) is 0 Å². The van der Waals surface area contributed by atoms with Crippen molar-refractivity contribution in [3.8, 4) is 5.75 Å². The molecule has 0 aliphatic heterocycles. The third-order valence-corrected chi connectivity index (χ3v) is 2.79. The Hall–Kier alpha value is -2.42. The van der Waals surface area contributed by atoms with E-state index in [0.717, 1.165) is 5.39 Å². The highest BCUT2D eigenvalue weighted by Gasteiger charge is 2.03. The molecule has 1 aromatic heterocycles. The molecular weight excluding hydrogens is 214 g/mol. The van der Waals surface area contributed by atoms with Crippen LogP contribution in [-0.2, 0) is 0 Å². The molecule has 82 valence electrons. The minimum atomic E-state index is -0.107. The van der Waals surface area contributed by atoms with Crippen LogP contribution in [0.25, 0.3) is 21.7 Å². The molecule has 17 heavy (non-hydrogen) atoms. The summed E-state index contributed by atoms with van der Waals surface area (Å²) in [7, 11) is 0. The number of aromatic nitrogens is 1. The zero-order valence-corrected chi connectivity index (χ0v) is 8.92. The van der Waals surface area contributed by atoms with E-state index >= 15 is 0 Å². The van der Waals surface area contributed by atoms with Gasteiger partial charge in [-0.2, -0.15) is 0 Å². The summed E-state index contributed by atoms with van der Waals surface area (Å²) in [6.45, 7) is 0. The van der Waals surface area contributed by atoms with Crippen molar-refractivity contribution >= 4 is 21.7 Å². The third-order valence-electron chi connectivity index (χ3n) is 2.79. The molecule has 3 heteroatoms. The zero-order chi connectivity index (χ0) is 11.8. The Kier molecular flexibility index (Phi) is 2.05. The quantitative estimate of drug-likeness (QED) is 0.636. The van der Waals surface area contributed by atoms with Crippen LogP contribution >= 0.6 is 0 Å². The first-order valence-electron chi connectivity index (χ1n) is 5.26. The number of aromatic hydroxyl groups is 1. The Morgan fingerprint density at radius 3 is 2.71 bits per heavy atom. The van der Waals surface area contributed by atoms with E-state index in [0.29, 0.717) is 16.3 Å². The van der Waals surface area contributed by atoms with Gasteiger partial charge in [-0.1, -0.05) is 12.1 Å². The molecule has 3 rings (SSSR count). The van der Waals surface area contributed by atoms with Crippen LogP contribution in [0.1, 0.15) is 0 Å². The molecule has 0 saturated heterocycles. The molecule has 2 aromatic carbocycles. The minimum absolute atomic E-state index is 0.0952. The van der Waals surface area contributed by atoms with E-state index in [-0.39, 0.29) is 11.2 Å². The van der Waals surface area contributed by atoms with E-state index in [1.165, 1.54) is 6.07 Å². The van der Waals surface area contributed by atoms with Crippen molar-refractivity contribution < 1.29 is 5.11 Å². The number of phenolic OH excluding ortho intramolecular Hbond substituents is 1. The van der Waals surface area contributed by atoms with Gasteiger partial charge in [-0.05, 0) is 35.7 Å². The number of benzene rings is 1. The maximum absolute atomic E-state index is 12.3. The highest BCUT2D eigenvalue weighted by molar-refractivity contribution is 5.92. The van der Waals surface area contributed by atoms with Crippen LogP contribution in [0.5, 0.6) is 5.75 Å². The highest BCUT2D eigenvalue weighted by atomic mass is 16.3. The summed E-state index contributed by atoms with van der Waals surface area (Å²) in [5.74, 6) is 0.0952. The first-order valence-corrected chi connectivity index (χ1v) is 5.26. The van der Waals surface area contributed by atoms with Crippen molar-refractivity contribution in [2.75, 3.05) is 0 Å². The minimum Gasteiger partial charge on any atom is -0.508 e. The Labute approximate surface area is 97.0 Å². The van der Waals surface area contributed by atoms with E-state index < -0.39 is 0 Å². The van der Waals surface area contributed by atoms with Crippen LogP contribution in [0.2, 0.25) is 0 Å². The fourth-order valence-corrected chi connectivity index (χ4v) is 1.94. The van der Waals surface area contributed by atoms with E-state index in [1.54, 1.807) is 30.5 Å². The summed E-state index contributed by atoms with van der Waals surface area (Å²) in [5, 5.41) is 11.3. The number of hydrogen-bond acceptors (Lipinski definition) is 3. The lowest BCUT2D eigenvalue weighted by Gasteiger charge is -1.93. The highest BCUT2D eigenvalue weighted by Crippen LogP contribution is 2.18. The standard InChI is InChI=1S/C14H9NO2/c16-10-5-3-9-4-6-13-11(2-1-7-15-13)14(17)12(9)8-10/h1-8,16H. The SMILES string of the molecule is O=c1c2cc(O)ccc2ccc2ncccc12. The molecule has 0 fully saturated rings. The summed E-state index contributed by atoms with van der Waals surface area (Å²) < 4.78 is 0. The van der Waals surface area contributed by atoms with Gasteiger partial charge >= 0.3 is 0 Å². The molecule has 0 aliphatic rings. The maximum Gasteiger partial charge on any atom is 0.195 e. The molecule has 0 spiro atoms. The third kappa shape index (κ3) is 1.52. The normalized spacial score (nSPS) is 10.8. The molecule has 3 aromatic rings. The lowest BCUT2D eigenvalue weighted by molar-refractivity contribution is 0.476. The second-order valence-corrected chi connectivity index (χ2v) is 3.87. The van der Waals surface area contributed by atoms with Crippen LogP contribution in [0.3, 0.4) is 0 Å². The van der Waals surface area contributed by atoms with Crippen LogP contribution in [0, 0.1) is 0 Å². The first kappa shape index (κ1) is 9.78. The second kappa shape index (κ2) is 3.56. The number of pyridine rings is 1. The Bertz CT molecular complexity index is 781. The topological polar surface area (TPSA) is 50.2 Å². The smallest absolute Gasteiger partial charge is 0.195 e. The van der Waals surface area contributed by atoms with Gasteiger partial charge in [-0.3, -0.25) is 9.78 Å². The number of hydrogen-bond donors (Lipinski definition) is 1. The molecule has 0 bridgehead atoms. The number of rotatable bonds is 0. The van der Waals surface area contributed by atoms with Crippen LogP contribution < -0.4 is 5.43 Å². The van der Waals surface area contributed by atoms with Crippen molar-refractivity contribution in [3.05, 3.63) is 58.9 Å². The van der Waals surface area contributed by atoms with Crippen LogP contribution in [-0.4, -0.2) is 10.1 Å². The predicted octanol–water partition coefficient (Wildman–Crippen LogP) is 2.45. The van der Waals surface area contributed by atoms with Gasteiger partial charge in [0.25, 0.3) is 0 Å². The molecule has 0 aliphatic carbocycles. The molecule has 3 nitrogen and oxygen atoms in total. The zero-order valence-electron chi connectivity index (χ0n) is 8.92. The lowest BCUT2D eigenvalue weighted by atomic mass is 10.1. The maximum atomic E-state index is 12.3. The van der Waals surface area contributed by atoms with Gasteiger partial charge in [0, 0.05) is 17.0 Å². The Morgan fingerprint density at radius 2 is 1.82 bits per heavy atom. The molecular formula is C14H9NO2. The lowest BCUT2D eigenvalue weighted by Crippen LogP contribution is -1.98. The molecule has 0 unspecified atom stereocenters. The predicted molar refractivity (Wildman–Crippen MR) is 67.2 cm³/mol. The summed E-state index contributed by atoms with van der Waals surface area (Å²) in [4.78, 5) is 16.5. The fraction of sp³-hybridized carbons (Fsp3) is 0. The molecule has 1 N–H and O–H groups in total. The molecule has 0 atom stereocenters. The summed E-state index contributed by atoms with van der Waals surface area (Å²) in [6.07, 6.45) is 1.66. The number of fused-ring (bicyclic) bond motifs is 2. The van der Waals surface area contributed by atoms with Gasteiger partial charge in [0.2, 0.25) is 0 Å². The van der Waals surface area contributed by atoms with Gasteiger partial charge in [0.1, 0.15) is 5.75 Å². The molecule has 0 radical (unpaired) electrons. The van der Waals surface area contributed by atoms with Crippen molar-refractivity contribution in [3.63, 3.8) is 0 Å². The monoisotopic (exact) mass is 223 g/mol. The van der Waals surface area contributed by atoms with Crippen LogP contribution in [0.4, 0.5) is 0 Å². The van der Waals surface area contributed by atoms with Gasteiger partial charge in [-0.15, -0.1) is 0 Å².